The van der Waals surface area contributed by atoms with Crippen molar-refractivity contribution in [2.24, 2.45) is 5.10 Å². The van der Waals surface area contributed by atoms with E-state index in [1.165, 1.54) is 12.1 Å². The number of ether oxygens (including phenoxy) is 1. The summed E-state index contributed by atoms with van der Waals surface area (Å²) in [6, 6.07) is 8.14. The van der Waals surface area contributed by atoms with Gasteiger partial charge < -0.3 is 19.9 Å². The van der Waals surface area contributed by atoms with Gasteiger partial charge in [0, 0.05) is 56.1 Å². The molecule has 0 aromatic heterocycles. The van der Waals surface area contributed by atoms with Gasteiger partial charge in [-0.3, -0.25) is 0 Å². The zero-order valence-electron chi connectivity index (χ0n) is 19.7. The number of hydrogen-bond acceptors (Lipinski definition) is 5. The molecule has 0 radical (unpaired) electrons. The summed E-state index contributed by atoms with van der Waals surface area (Å²) in [6.07, 6.45) is -4.92. The van der Waals surface area contributed by atoms with E-state index in [0.717, 1.165) is 37.9 Å². The van der Waals surface area contributed by atoms with E-state index in [-0.39, 0.29) is 23.3 Å². The number of anilines is 1. The van der Waals surface area contributed by atoms with Crippen LogP contribution in [-0.2, 0) is 6.42 Å². The highest BCUT2D eigenvalue weighted by Gasteiger charge is 2.34. The summed E-state index contributed by atoms with van der Waals surface area (Å²) in [5.74, 6) is -1.54. The average molecular weight is 494 g/mol. The molecule has 1 N–H and O–H groups in total. The predicted octanol–water partition coefficient (Wildman–Crippen LogP) is 3.81. The minimum Gasteiger partial charge on any atom is -0.406 e. The van der Waals surface area contributed by atoms with Crippen molar-refractivity contribution in [1.29, 1.82) is 0 Å². The van der Waals surface area contributed by atoms with Gasteiger partial charge >= 0.3 is 12.4 Å². The number of urea groups is 1. The first-order chi connectivity index (χ1) is 16.6. The normalized spacial score (nSPS) is 19.1. The number of benzene rings is 2. The number of hydrogen-bond donors (Lipinski definition) is 1. The first-order valence-corrected chi connectivity index (χ1v) is 11.3. The van der Waals surface area contributed by atoms with Crippen LogP contribution in [0.3, 0.4) is 0 Å². The van der Waals surface area contributed by atoms with Crippen molar-refractivity contribution in [2.75, 3.05) is 45.2 Å². The number of fused-ring (bicyclic) bond motifs is 1. The second kappa shape index (κ2) is 9.73. The Bertz CT molecular complexity index is 1110. The molecule has 2 amide bonds. The summed E-state index contributed by atoms with van der Waals surface area (Å²) in [4.78, 5) is 17.0. The molecule has 0 aliphatic carbocycles. The molecular formula is C24H27F4N5O2. The number of halogens is 4. The van der Waals surface area contributed by atoms with Gasteiger partial charge in [0.1, 0.15) is 11.6 Å². The van der Waals surface area contributed by atoms with Crippen molar-refractivity contribution in [3.8, 4) is 5.75 Å². The quantitative estimate of drug-likeness (QED) is 0.661. The summed E-state index contributed by atoms with van der Waals surface area (Å²) < 4.78 is 57.7. The maximum Gasteiger partial charge on any atom is 0.573 e. The standard InChI is InChI=1S/C24H27F4N5O2/c1-15-12-19-20(13-18(14-21(19)25)35-24(26,27)28)22(30-33(15)23(34)29-2)16-4-6-17(7-5-16)32-10-8-31(3)9-11-32/h4-7,13-15H,8-12H2,1-3H3,(H,29,34). The van der Waals surface area contributed by atoms with Gasteiger partial charge in [0.05, 0.1) is 11.8 Å². The summed E-state index contributed by atoms with van der Waals surface area (Å²) in [6.45, 7) is 5.29. The summed E-state index contributed by atoms with van der Waals surface area (Å²) in [5.41, 5.74) is 2.03. The van der Waals surface area contributed by atoms with Crippen molar-refractivity contribution in [3.63, 3.8) is 0 Å². The summed E-state index contributed by atoms with van der Waals surface area (Å²) in [5, 5.41) is 8.18. The van der Waals surface area contributed by atoms with E-state index >= 15 is 4.39 Å². The minimum absolute atomic E-state index is 0.0628. The van der Waals surface area contributed by atoms with E-state index in [2.05, 4.69) is 32.0 Å². The highest BCUT2D eigenvalue weighted by atomic mass is 19.4. The van der Waals surface area contributed by atoms with E-state index in [9.17, 15) is 18.0 Å². The Morgan fingerprint density at radius 3 is 2.37 bits per heavy atom. The van der Waals surface area contributed by atoms with Gasteiger partial charge in [-0.1, -0.05) is 12.1 Å². The van der Waals surface area contributed by atoms with E-state index < -0.39 is 30.0 Å². The zero-order valence-corrected chi connectivity index (χ0v) is 19.7. The Labute approximate surface area is 200 Å². The van der Waals surface area contributed by atoms with Crippen molar-refractivity contribution in [2.45, 2.75) is 25.7 Å². The van der Waals surface area contributed by atoms with E-state index in [4.69, 9.17) is 0 Å². The molecule has 0 bridgehead atoms. The Kier molecular flexibility index (Phi) is 6.88. The third kappa shape index (κ3) is 5.50. The van der Waals surface area contributed by atoms with E-state index in [0.29, 0.717) is 11.6 Å². The lowest BCUT2D eigenvalue weighted by molar-refractivity contribution is -0.274. The Balaban J connectivity index is 1.78. The maximum absolute atomic E-state index is 15.1. The van der Waals surface area contributed by atoms with Gasteiger partial charge in [0.2, 0.25) is 0 Å². The fourth-order valence-electron chi connectivity index (χ4n) is 4.33. The molecule has 0 saturated carbocycles. The van der Waals surface area contributed by atoms with Crippen molar-refractivity contribution in [1.82, 2.24) is 15.2 Å². The number of carbonyl (C=O) groups excluding carboxylic acids is 1. The van der Waals surface area contributed by atoms with Crippen LogP contribution < -0.4 is 15.0 Å². The largest absolute Gasteiger partial charge is 0.573 e. The molecule has 1 unspecified atom stereocenters. The van der Waals surface area contributed by atoms with Gasteiger partial charge in [0.15, 0.2) is 0 Å². The van der Waals surface area contributed by atoms with Gasteiger partial charge in [-0.2, -0.15) is 5.10 Å². The lowest BCUT2D eigenvalue weighted by Crippen LogP contribution is -2.44. The SMILES string of the molecule is CNC(=O)N1N=C(c2ccc(N3CCN(C)CC3)cc2)c2cc(OC(F)(F)F)cc(F)c2CC1C. The average Bonchev–Trinajstić information content (AvgIpc) is 2.95. The zero-order chi connectivity index (χ0) is 25.3. The van der Waals surface area contributed by atoms with E-state index in [1.54, 1.807) is 19.1 Å². The molecule has 2 aromatic rings. The lowest BCUT2D eigenvalue weighted by atomic mass is 9.93. The van der Waals surface area contributed by atoms with Crippen LogP contribution in [0.1, 0.15) is 23.6 Å². The number of nitrogens with one attached hydrogen (secondary N) is 1. The topological polar surface area (TPSA) is 60.4 Å². The van der Waals surface area contributed by atoms with Crippen LogP contribution in [0.2, 0.25) is 0 Å². The molecule has 11 heteroatoms. The molecule has 1 atom stereocenters. The number of amides is 2. The molecule has 2 heterocycles. The Hall–Kier alpha value is -3.34. The fraction of sp³-hybridized carbons (Fsp3) is 0.417. The monoisotopic (exact) mass is 493 g/mol. The Morgan fingerprint density at radius 2 is 1.77 bits per heavy atom. The molecule has 7 nitrogen and oxygen atoms in total. The fourth-order valence-corrected chi connectivity index (χ4v) is 4.33. The summed E-state index contributed by atoms with van der Waals surface area (Å²) >= 11 is 0. The van der Waals surface area contributed by atoms with Crippen LogP contribution in [0.4, 0.5) is 28.0 Å². The number of carbonyl (C=O) groups is 1. The van der Waals surface area contributed by atoms with E-state index in [1.807, 2.05) is 12.1 Å². The predicted molar refractivity (Wildman–Crippen MR) is 124 cm³/mol. The van der Waals surface area contributed by atoms with Crippen molar-refractivity contribution < 1.29 is 27.1 Å². The van der Waals surface area contributed by atoms with Crippen molar-refractivity contribution in [3.05, 3.63) is 58.9 Å². The molecule has 0 spiro atoms. The van der Waals surface area contributed by atoms with Gasteiger partial charge in [-0.15, -0.1) is 13.2 Å². The number of piperazine rings is 1. The number of nitrogens with zero attached hydrogens (tertiary/aromatic N) is 4. The first-order valence-electron chi connectivity index (χ1n) is 11.3. The number of alkyl halides is 3. The molecule has 188 valence electrons. The number of likely N-dealkylation sites (N-methyl/N-ethyl adjacent to an activating group) is 1. The molecule has 1 fully saturated rings. The smallest absolute Gasteiger partial charge is 0.406 e. The molecule has 1 saturated heterocycles. The van der Waals surface area contributed by atoms with Crippen LogP contribution in [0, 0.1) is 5.82 Å². The third-order valence-electron chi connectivity index (χ3n) is 6.21. The number of hydrazone groups is 1. The second-order valence-corrected chi connectivity index (χ2v) is 8.72. The van der Waals surface area contributed by atoms with Crippen LogP contribution in [0.5, 0.6) is 5.75 Å². The van der Waals surface area contributed by atoms with Gasteiger partial charge in [-0.05, 0) is 44.2 Å². The van der Waals surface area contributed by atoms with Gasteiger partial charge in [-0.25, -0.2) is 14.2 Å². The second-order valence-electron chi connectivity index (χ2n) is 8.72. The summed E-state index contributed by atoms with van der Waals surface area (Å²) in [7, 11) is 3.51. The Morgan fingerprint density at radius 1 is 1.11 bits per heavy atom. The molecular weight excluding hydrogens is 466 g/mol. The molecule has 2 aliphatic heterocycles. The van der Waals surface area contributed by atoms with Crippen LogP contribution >= 0.6 is 0 Å². The molecule has 2 aliphatic rings. The number of rotatable bonds is 3. The van der Waals surface area contributed by atoms with Crippen molar-refractivity contribution >= 4 is 17.4 Å². The third-order valence-corrected chi connectivity index (χ3v) is 6.21. The van der Waals surface area contributed by atoms with Crippen LogP contribution in [0.15, 0.2) is 41.5 Å². The van der Waals surface area contributed by atoms with Crippen LogP contribution in [-0.4, -0.2) is 74.3 Å². The van der Waals surface area contributed by atoms with Crippen LogP contribution in [0.25, 0.3) is 0 Å². The highest BCUT2D eigenvalue weighted by molar-refractivity contribution is 6.14. The maximum atomic E-state index is 15.1. The molecule has 35 heavy (non-hydrogen) atoms. The minimum atomic E-state index is -4.98. The molecule has 2 aromatic carbocycles. The highest BCUT2D eigenvalue weighted by Crippen LogP contribution is 2.32. The lowest BCUT2D eigenvalue weighted by Gasteiger charge is -2.34. The first kappa shape index (κ1) is 24.8. The van der Waals surface area contributed by atoms with Gasteiger partial charge in [0.25, 0.3) is 0 Å². The molecule has 4 rings (SSSR count).